The van der Waals surface area contributed by atoms with Crippen molar-refractivity contribution >= 4 is 17.2 Å². The standard InChI is InChI=1S/C20H15FN6OS/c21-14-6-4-13(5-7-14)20(28)26-9-10-27-17(11-26)24-25-18(27)16-12-29-19(23-16)15-3-1-2-8-22-15/h1-8,12H,9-11H2. The monoisotopic (exact) mass is 406 g/mol. The molecule has 0 N–H and O–H groups in total. The van der Waals surface area contributed by atoms with Crippen molar-refractivity contribution in [1.29, 1.82) is 0 Å². The third-order valence-electron chi connectivity index (χ3n) is 4.75. The summed E-state index contributed by atoms with van der Waals surface area (Å²) in [5.74, 6) is 0.881. The first-order valence-corrected chi connectivity index (χ1v) is 9.91. The minimum Gasteiger partial charge on any atom is -0.329 e. The molecule has 144 valence electrons. The highest BCUT2D eigenvalue weighted by atomic mass is 32.1. The van der Waals surface area contributed by atoms with Crippen LogP contribution in [0.4, 0.5) is 4.39 Å². The number of carbonyl (C=O) groups excluding carboxylic acids is 1. The van der Waals surface area contributed by atoms with E-state index in [9.17, 15) is 9.18 Å². The maximum atomic E-state index is 13.1. The van der Waals surface area contributed by atoms with Crippen LogP contribution in [-0.4, -0.2) is 42.1 Å². The number of rotatable bonds is 3. The van der Waals surface area contributed by atoms with E-state index in [4.69, 9.17) is 0 Å². The predicted octanol–water partition coefficient (Wildman–Crippen LogP) is 3.26. The Hall–Kier alpha value is -3.46. The topological polar surface area (TPSA) is 76.8 Å². The fourth-order valence-corrected chi connectivity index (χ4v) is 4.05. The number of carbonyl (C=O) groups is 1. The minimum atomic E-state index is -0.363. The van der Waals surface area contributed by atoms with E-state index in [1.165, 1.54) is 35.6 Å². The van der Waals surface area contributed by atoms with Crippen molar-refractivity contribution < 1.29 is 9.18 Å². The molecule has 0 saturated carbocycles. The lowest BCUT2D eigenvalue weighted by Gasteiger charge is -2.27. The second-order valence-corrected chi connectivity index (χ2v) is 7.44. The van der Waals surface area contributed by atoms with E-state index in [0.717, 1.165) is 16.4 Å². The van der Waals surface area contributed by atoms with Gasteiger partial charge in [0, 0.05) is 30.2 Å². The van der Waals surface area contributed by atoms with Crippen LogP contribution in [-0.2, 0) is 13.1 Å². The summed E-state index contributed by atoms with van der Waals surface area (Å²) >= 11 is 1.51. The van der Waals surface area contributed by atoms with Crippen molar-refractivity contribution in [2.75, 3.05) is 6.54 Å². The number of aromatic nitrogens is 5. The van der Waals surface area contributed by atoms with Crippen LogP contribution in [0.15, 0.2) is 54.0 Å². The molecule has 0 atom stereocenters. The molecule has 5 rings (SSSR count). The van der Waals surface area contributed by atoms with Crippen LogP contribution in [0, 0.1) is 5.82 Å². The maximum absolute atomic E-state index is 13.1. The predicted molar refractivity (Wildman–Crippen MR) is 106 cm³/mol. The first kappa shape index (κ1) is 17.6. The number of hydrogen-bond donors (Lipinski definition) is 0. The Labute approximate surface area is 169 Å². The summed E-state index contributed by atoms with van der Waals surface area (Å²) < 4.78 is 15.1. The molecule has 0 spiro atoms. The second kappa shape index (κ2) is 7.17. The fourth-order valence-electron chi connectivity index (χ4n) is 3.28. The fraction of sp³-hybridized carbons (Fsp3) is 0.150. The highest BCUT2D eigenvalue weighted by Crippen LogP contribution is 2.28. The van der Waals surface area contributed by atoms with Crippen LogP contribution >= 0.6 is 11.3 Å². The van der Waals surface area contributed by atoms with Gasteiger partial charge in [-0.1, -0.05) is 6.07 Å². The summed E-state index contributed by atoms with van der Waals surface area (Å²) in [7, 11) is 0. The van der Waals surface area contributed by atoms with E-state index < -0.39 is 0 Å². The number of benzene rings is 1. The molecule has 1 aromatic carbocycles. The van der Waals surface area contributed by atoms with E-state index in [0.29, 0.717) is 36.8 Å². The minimum absolute atomic E-state index is 0.146. The van der Waals surface area contributed by atoms with Crippen molar-refractivity contribution in [3.05, 3.63) is 71.2 Å². The van der Waals surface area contributed by atoms with Gasteiger partial charge in [-0.25, -0.2) is 9.37 Å². The number of amides is 1. The molecule has 7 nitrogen and oxygen atoms in total. The van der Waals surface area contributed by atoms with Gasteiger partial charge >= 0.3 is 0 Å². The highest BCUT2D eigenvalue weighted by Gasteiger charge is 2.26. The molecule has 0 aliphatic carbocycles. The SMILES string of the molecule is O=C(c1ccc(F)cc1)N1CCn2c(nnc2-c2csc(-c3ccccn3)n2)C1. The van der Waals surface area contributed by atoms with Crippen LogP contribution in [0.1, 0.15) is 16.2 Å². The number of thiazole rings is 1. The Bertz CT molecular complexity index is 1170. The summed E-state index contributed by atoms with van der Waals surface area (Å²) in [6.07, 6.45) is 1.74. The number of fused-ring (bicyclic) bond motifs is 1. The summed E-state index contributed by atoms with van der Waals surface area (Å²) in [6, 6.07) is 11.3. The van der Waals surface area contributed by atoms with Gasteiger partial charge in [-0.2, -0.15) is 0 Å². The van der Waals surface area contributed by atoms with E-state index >= 15 is 0 Å². The Morgan fingerprint density at radius 3 is 2.69 bits per heavy atom. The van der Waals surface area contributed by atoms with Gasteiger partial charge in [-0.3, -0.25) is 9.78 Å². The van der Waals surface area contributed by atoms with Gasteiger partial charge in [0.15, 0.2) is 11.6 Å². The normalized spacial score (nSPS) is 13.3. The van der Waals surface area contributed by atoms with Crippen LogP contribution in [0.2, 0.25) is 0 Å². The molecule has 0 radical (unpaired) electrons. The van der Waals surface area contributed by atoms with E-state index in [1.54, 1.807) is 11.1 Å². The average Bonchev–Trinajstić information content (AvgIpc) is 3.41. The molecule has 1 aliphatic heterocycles. The largest absolute Gasteiger partial charge is 0.329 e. The molecule has 1 amide bonds. The Morgan fingerprint density at radius 1 is 1.03 bits per heavy atom. The van der Waals surface area contributed by atoms with Gasteiger partial charge in [0.1, 0.15) is 16.5 Å². The molecule has 9 heteroatoms. The van der Waals surface area contributed by atoms with Crippen molar-refractivity contribution in [2.45, 2.75) is 13.1 Å². The molecule has 29 heavy (non-hydrogen) atoms. The molecule has 0 fully saturated rings. The lowest BCUT2D eigenvalue weighted by atomic mass is 10.2. The zero-order valence-electron chi connectivity index (χ0n) is 15.2. The van der Waals surface area contributed by atoms with Crippen LogP contribution in [0.5, 0.6) is 0 Å². The van der Waals surface area contributed by atoms with Gasteiger partial charge in [-0.05, 0) is 36.4 Å². The third-order valence-corrected chi connectivity index (χ3v) is 5.61. The molecule has 3 aromatic heterocycles. The molecular weight excluding hydrogens is 391 g/mol. The molecule has 0 saturated heterocycles. The summed E-state index contributed by atoms with van der Waals surface area (Å²) in [5, 5.41) is 11.3. The Morgan fingerprint density at radius 2 is 1.90 bits per heavy atom. The quantitative estimate of drug-likeness (QED) is 0.522. The molecule has 4 heterocycles. The summed E-state index contributed by atoms with van der Waals surface area (Å²) in [6.45, 7) is 1.44. The van der Waals surface area contributed by atoms with Crippen molar-refractivity contribution in [3.63, 3.8) is 0 Å². The van der Waals surface area contributed by atoms with Crippen LogP contribution in [0.25, 0.3) is 22.2 Å². The molecule has 4 aromatic rings. The molecular formula is C20H15FN6OS. The first-order valence-electron chi connectivity index (χ1n) is 9.03. The van der Waals surface area contributed by atoms with Crippen molar-refractivity contribution in [1.82, 2.24) is 29.6 Å². The Kier molecular flexibility index (Phi) is 4.36. The van der Waals surface area contributed by atoms with Crippen molar-refractivity contribution in [3.8, 4) is 22.2 Å². The van der Waals surface area contributed by atoms with Gasteiger partial charge in [0.05, 0.1) is 12.2 Å². The highest BCUT2D eigenvalue weighted by molar-refractivity contribution is 7.13. The van der Waals surface area contributed by atoms with Gasteiger partial charge in [0.25, 0.3) is 5.91 Å². The van der Waals surface area contributed by atoms with E-state index in [1.807, 2.05) is 28.1 Å². The number of nitrogens with zero attached hydrogens (tertiary/aromatic N) is 6. The number of halogens is 1. The lowest BCUT2D eigenvalue weighted by molar-refractivity contribution is 0.0708. The average molecular weight is 406 g/mol. The van der Waals surface area contributed by atoms with Gasteiger partial charge in [0.2, 0.25) is 0 Å². The third kappa shape index (κ3) is 3.29. The van der Waals surface area contributed by atoms with Gasteiger partial charge in [-0.15, -0.1) is 21.5 Å². The molecule has 1 aliphatic rings. The maximum Gasteiger partial charge on any atom is 0.254 e. The summed E-state index contributed by atoms with van der Waals surface area (Å²) in [5.41, 5.74) is 2.02. The number of hydrogen-bond acceptors (Lipinski definition) is 6. The van der Waals surface area contributed by atoms with Crippen LogP contribution < -0.4 is 0 Å². The molecule has 0 unspecified atom stereocenters. The zero-order chi connectivity index (χ0) is 19.8. The van der Waals surface area contributed by atoms with Gasteiger partial charge < -0.3 is 9.47 Å². The first-order chi connectivity index (χ1) is 14.2. The summed E-state index contributed by atoms with van der Waals surface area (Å²) in [4.78, 5) is 23.4. The number of pyridine rings is 1. The second-order valence-electron chi connectivity index (χ2n) is 6.58. The van der Waals surface area contributed by atoms with Crippen molar-refractivity contribution in [2.24, 2.45) is 0 Å². The lowest BCUT2D eigenvalue weighted by Crippen LogP contribution is -2.38. The Balaban J connectivity index is 1.38. The smallest absolute Gasteiger partial charge is 0.254 e. The van der Waals surface area contributed by atoms with E-state index in [-0.39, 0.29) is 11.7 Å². The van der Waals surface area contributed by atoms with E-state index in [2.05, 4.69) is 20.2 Å². The zero-order valence-corrected chi connectivity index (χ0v) is 16.0. The molecule has 0 bridgehead atoms. The van der Waals surface area contributed by atoms with Crippen LogP contribution in [0.3, 0.4) is 0 Å².